The van der Waals surface area contributed by atoms with Gasteiger partial charge in [0.25, 0.3) is 0 Å². The first-order valence-electron chi connectivity index (χ1n) is 7.65. The number of carbonyl (C=O) groups is 1. The molecule has 7 heteroatoms. The quantitative estimate of drug-likeness (QED) is 0.780. The molecular weight excluding hydrogens is 280 g/mol. The van der Waals surface area contributed by atoms with Crippen molar-refractivity contribution in [2.45, 2.75) is 13.8 Å². The summed E-state index contributed by atoms with van der Waals surface area (Å²) >= 11 is 0. The summed E-state index contributed by atoms with van der Waals surface area (Å²) in [4.78, 5) is 26.6. The fourth-order valence-electron chi connectivity index (χ4n) is 2.55. The number of hydrogen-bond acceptors (Lipinski definition) is 6. The Labute approximate surface area is 131 Å². The van der Waals surface area contributed by atoms with E-state index in [0.717, 1.165) is 13.1 Å². The van der Waals surface area contributed by atoms with Gasteiger partial charge in [0.05, 0.1) is 6.54 Å². The highest BCUT2D eigenvalue weighted by Gasteiger charge is 2.24. The lowest BCUT2D eigenvalue weighted by atomic mass is 10.2. The second-order valence-corrected chi connectivity index (χ2v) is 5.17. The maximum Gasteiger partial charge on any atom is 0.236 e. The summed E-state index contributed by atoms with van der Waals surface area (Å²) in [6.07, 6.45) is 3.11. The molecule has 1 aromatic rings. The Morgan fingerprint density at radius 2 is 1.86 bits per heavy atom. The fourth-order valence-corrected chi connectivity index (χ4v) is 2.55. The van der Waals surface area contributed by atoms with Crippen LogP contribution in [0.1, 0.15) is 19.5 Å². The first-order chi connectivity index (χ1) is 10.7. The number of carbonyl (C=O) groups excluding carboxylic acids is 1. The van der Waals surface area contributed by atoms with Crippen LogP contribution in [-0.2, 0) is 4.79 Å². The second-order valence-electron chi connectivity index (χ2n) is 5.17. The van der Waals surface area contributed by atoms with E-state index >= 15 is 0 Å². The first kappa shape index (κ1) is 16.2. The molecule has 118 valence electrons. The zero-order valence-electron chi connectivity index (χ0n) is 13.2. The highest BCUT2D eigenvalue weighted by atomic mass is 16.2. The lowest BCUT2D eigenvalue weighted by molar-refractivity contribution is -0.132. The Morgan fingerprint density at radius 3 is 2.45 bits per heavy atom. The average molecular weight is 302 g/mol. The smallest absolute Gasteiger partial charge is 0.236 e. The average Bonchev–Trinajstić information content (AvgIpc) is 2.59. The predicted molar refractivity (Wildman–Crippen MR) is 83.3 cm³/mol. The van der Waals surface area contributed by atoms with Gasteiger partial charge in [-0.3, -0.25) is 9.69 Å². The summed E-state index contributed by atoms with van der Waals surface area (Å²) in [6.45, 7) is 9.03. The van der Waals surface area contributed by atoms with Gasteiger partial charge < -0.3 is 9.80 Å². The molecular formula is C15H22N6O. The van der Waals surface area contributed by atoms with Crippen molar-refractivity contribution in [2.75, 3.05) is 50.7 Å². The Kier molecular flexibility index (Phi) is 5.67. The molecule has 1 fully saturated rings. The molecule has 0 saturated carbocycles. The van der Waals surface area contributed by atoms with Crippen molar-refractivity contribution in [2.24, 2.45) is 0 Å². The molecule has 22 heavy (non-hydrogen) atoms. The maximum atomic E-state index is 12.3. The van der Waals surface area contributed by atoms with Crippen LogP contribution in [-0.4, -0.2) is 71.5 Å². The third-order valence-corrected chi connectivity index (χ3v) is 3.97. The van der Waals surface area contributed by atoms with Crippen LogP contribution in [0.15, 0.2) is 12.4 Å². The Bertz CT molecular complexity index is 543. The van der Waals surface area contributed by atoms with Gasteiger partial charge in [-0.2, -0.15) is 5.26 Å². The molecule has 1 aromatic heterocycles. The topological polar surface area (TPSA) is 76.4 Å². The van der Waals surface area contributed by atoms with Gasteiger partial charge in [-0.15, -0.1) is 0 Å². The van der Waals surface area contributed by atoms with Crippen molar-refractivity contribution in [3.63, 3.8) is 0 Å². The SMILES string of the molecule is CCN(CC)CC(=O)N1CCN(c2nccnc2C#N)CC1. The number of anilines is 1. The molecule has 0 atom stereocenters. The van der Waals surface area contributed by atoms with E-state index in [2.05, 4.69) is 34.8 Å². The van der Waals surface area contributed by atoms with Crippen LogP contribution in [0.25, 0.3) is 0 Å². The monoisotopic (exact) mass is 302 g/mol. The molecule has 0 radical (unpaired) electrons. The van der Waals surface area contributed by atoms with Gasteiger partial charge in [-0.25, -0.2) is 9.97 Å². The van der Waals surface area contributed by atoms with Gasteiger partial charge in [0.15, 0.2) is 11.5 Å². The molecule has 0 N–H and O–H groups in total. The molecule has 1 amide bonds. The minimum Gasteiger partial charge on any atom is -0.351 e. The van der Waals surface area contributed by atoms with Crippen LogP contribution in [0.3, 0.4) is 0 Å². The van der Waals surface area contributed by atoms with Crippen molar-refractivity contribution in [1.29, 1.82) is 5.26 Å². The standard InChI is InChI=1S/C15H22N6O/c1-3-19(4-2)12-14(22)20-7-9-21(10-8-20)15-13(11-16)17-5-6-18-15/h5-6H,3-4,7-10,12H2,1-2H3. The number of hydrogen-bond donors (Lipinski definition) is 0. The molecule has 0 unspecified atom stereocenters. The normalized spacial score (nSPS) is 15.0. The Morgan fingerprint density at radius 1 is 1.23 bits per heavy atom. The molecule has 7 nitrogen and oxygen atoms in total. The lowest BCUT2D eigenvalue weighted by Gasteiger charge is -2.36. The van der Waals surface area contributed by atoms with Crippen molar-refractivity contribution < 1.29 is 4.79 Å². The van der Waals surface area contributed by atoms with Gasteiger partial charge >= 0.3 is 0 Å². The fraction of sp³-hybridized carbons (Fsp3) is 0.600. The van der Waals surface area contributed by atoms with Crippen LogP contribution in [0, 0.1) is 11.3 Å². The molecule has 0 aromatic carbocycles. The zero-order valence-corrected chi connectivity index (χ0v) is 13.2. The number of amides is 1. The lowest BCUT2D eigenvalue weighted by Crippen LogP contribution is -2.51. The third-order valence-electron chi connectivity index (χ3n) is 3.97. The largest absolute Gasteiger partial charge is 0.351 e. The van der Waals surface area contributed by atoms with Crippen LogP contribution in [0.5, 0.6) is 0 Å². The van der Waals surface area contributed by atoms with Gasteiger partial charge in [0, 0.05) is 38.6 Å². The predicted octanol–water partition coefficient (Wildman–Crippen LogP) is 0.339. The van der Waals surface area contributed by atoms with E-state index in [-0.39, 0.29) is 5.91 Å². The third kappa shape index (κ3) is 3.71. The minimum absolute atomic E-state index is 0.169. The molecule has 2 rings (SSSR count). The summed E-state index contributed by atoms with van der Waals surface area (Å²) < 4.78 is 0. The van der Waals surface area contributed by atoms with Crippen molar-refractivity contribution in [3.05, 3.63) is 18.1 Å². The Balaban J connectivity index is 1.93. The van der Waals surface area contributed by atoms with E-state index in [4.69, 9.17) is 5.26 Å². The highest BCUT2D eigenvalue weighted by Crippen LogP contribution is 2.16. The summed E-state index contributed by atoms with van der Waals surface area (Å²) in [5, 5.41) is 9.09. The molecule has 1 aliphatic rings. The van der Waals surface area contributed by atoms with Gasteiger partial charge in [-0.1, -0.05) is 13.8 Å². The summed E-state index contributed by atoms with van der Waals surface area (Å²) in [5.74, 6) is 0.781. The molecule has 1 aliphatic heterocycles. The maximum absolute atomic E-state index is 12.3. The van der Waals surface area contributed by atoms with E-state index in [9.17, 15) is 4.79 Å². The number of nitrogens with zero attached hydrogens (tertiary/aromatic N) is 6. The Hall–Kier alpha value is -2.20. The van der Waals surface area contributed by atoms with Crippen molar-refractivity contribution in [3.8, 4) is 6.07 Å². The van der Waals surface area contributed by atoms with Crippen molar-refractivity contribution in [1.82, 2.24) is 19.8 Å². The van der Waals surface area contributed by atoms with E-state index in [0.29, 0.717) is 44.2 Å². The van der Waals surface area contributed by atoms with Crippen LogP contribution >= 0.6 is 0 Å². The zero-order chi connectivity index (χ0) is 15.9. The van der Waals surface area contributed by atoms with E-state index in [1.807, 2.05) is 9.80 Å². The van der Waals surface area contributed by atoms with Crippen LogP contribution in [0.4, 0.5) is 5.82 Å². The van der Waals surface area contributed by atoms with Crippen LogP contribution < -0.4 is 4.90 Å². The summed E-state index contributed by atoms with van der Waals surface area (Å²) in [7, 11) is 0. The van der Waals surface area contributed by atoms with E-state index in [1.165, 1.54) is 6.20 Å². The van der Waals surface area contributed by atoms with E-state index < -0.39 is 0 Å². The molecule has 1 saturated heterocycles. The number of piperazine rings is 1. The molecule has 0 aliphatic carbocycles. The van der Waals surface area contributed by atoms with Gasteiger partial charge in [-0.05, 0) is 13.1 Å². The van der Waals surface area contributed by atoms with Gasteiger partial charge in [0.2, 0.25) is 5.91 Å². The summed E-state index contributed by atoms with van der Waals surface area (Å²) in [5.41, 5.74) is 0.338. The van der Waals surface area contributed by atoms with Gasteiger partial charge in [0.1, 0.15) is 6.07 Å². The van der Waals surface area contributed by atoms with Crippen molar-refractivity contribution >= 4 is 11.7 Å². The number of nitriles is 1. The second kappa shape index (κ2) is 7.71. The molecule has 0 bridgehead atoms. The minimum atomic E-state index is 0.169. The molecule has 0 spiro atoms. The summed E-state index contributed by atoms with van der Waals surface area (Å²) in [6, 6.07) is 2.07. The first-order valence-corrected chi connectivity index (χ1v) is 7.65. The highest BCUT2D eigenvalue weighted by molar-refractivity contribution is 5.78. The van der Waals surface area contributed by atoms with E-state index in [1.54, 1.807) is 6.20 Å². The van der Waals surface area contributed by atoms with Crippen LogP contribution in [0.2, 0.25) is 0 Å². The number of rotatable bonds is 5. The number of aromatic nitrogens is 2. The molecule has 2 heterocycles. The number of likely N-dealkylation sites (N-methyl/N-ethyl adjacent to an activating group) is 1.